The molecule has 7 heteroatoms. The third kappa shape index (κ3) is 5.67. The zero-order chi connectivity index (χ0) is 18.4. The topological polar surface area (TPSA) is 64.7 Å². The Hall–Kier alpha value is -1.63. The van der Waals surface area contributed by atoms with Crippen LogP contribution in [0.25, 0.3) is 0 Å². The molecular weight excluding hydrogens is 364 g/mol. The fraction of sp³-hybridized carbons (Fsp3) is 0.600. The Labute approximate surface area is 168 Å². The smallest absolute Gasteiger partial charge is 0.227 e. The molecule has 2 amide bonds. The van der Waals surface area contributed by atoms with Crippen molar-refractivity contribution in [3.63, 3.8) is 0 Å². The molecule has 1 aromatic carbocycles. The number of nitrogens with zero attached hydrogens (tertiary/aromatic N) is 2. The Bertz CT molecular complexity index is 634. The van der Waals surface area contributed by atoms with Crippen LogP contribution in [0, 0.1) is 5.92 Å². The van der Waals surface area contributed by atoms with Gasteiger partial charge in [0, 0.05) is 51.4 Å². The van der Waals surface area contributed by atoms with E-state index in [1.807, 2.05) is 24.3 Å². The molecule has 2 N–H and O–H groups in total. The van der Waals surface area contributed by atoms with E-state index in [2.05, 4.69) is 22.5 Å². The molecule has 0 aromatic heterocycles. The van der Waals surface area contributed by atoms with Crippen molar-refractivity contribution >= 4 is 29.9 Å². The summed E-state index contributed by atoms with van der Waals surface area (Å²) < 4.78 is 0. The highest BCUT2D eigenvalue weighted by Gasteiger charge is 2.35. The highest BCUT2D eigenvalue weighted by molar-refractivity contribution is 6.00. The Morgan fingerprint density at radius 3 is 2.74 bits per heavy atom. The van der Waals surface area contributed by atoms with E-state index in [0.717, 1.165) is 56.8 Å². The van der Waals surface area contributed by atoms with E-state index in [1.165, 1.54) is 0 Å². The van der Waals surface area contributed by atoms with Gasteiger partial charge in [-0.05, 0) is 31.0 Å². The summed E-state index contributed by atoms with van der Waals surface area (Å²) in [6.07, 6.45) is 2.14. The molecule has 0 radical (unpaired) electrons. The van der Waals surface area contributed by atoms with Crippen LogP contribution in [0.4, 0.5) is 5.69 Å². The van der Waals surface area contributed by atoms with Crippen molar-refractivity contribution in [2.75, 3.05) is 50.7 Å². The Morgan fingerprint density at radius 2 is 2.00 bits per heavy atom. The molecule has 1 atom stereocenters. The molecule has 27 heavy (non-hydrogen) atoms. The number of nitrogens with one attached hydrogen (secondary N) is 2. The average Bonchev–Trinajstić information content (AvgIpc) is 3.07. The zero-order valence-corrected chi connectivity index (χ0v) is 16.9. The third-order valence-electron chi connectivity index (χ3n) is 5.32. The van der Waals surface area contributed by atoms with E-state index >= 15 is 0 Å². The van der Waals surface area contributed by atoms with Crippen LogP contribution < -0.4 is 15.5 Å². The first-order valence-electron chi connectivity index (χ1n) is 9.78. The number of carbonyl (C=O) groups excluding carboxylic acids is 2. The summed E-state index contributed by atoms with van der Waals surface area (Å²) in [7, 11) is 0. The van der Waals surface area contributed by atoms with Gasteiger partial charge in [0.15, 0.2) is 0 Å². The van der Waals surface area contributed by atoms with E-state index in [9.17, 15) is 9.59 Å². The van der Waals surface area contributed by atoms with Crippen LogP contribution >= 0.6 is 12.4 Å². The number of halogens is 1. The number of hydrogen-bond acceptors (Lipinski definition) is 4. The molecule has 3 rings (SSSR count). The minimum Gasteiger partial charge on any atom is -0.356 e. The quantitative estimate of drug-likeness (QED) is 0.687. The van der Waals surface area contributed by atoms with Gasteiger partial charge in [-0.3, -0.25) is 9.59 Å². The fourth-order valence-electron chi connectivity index (χ4n) is 3.78. The molecule has 1 aromatic rings. The second-order valence-corrected chi connectivity index (χ2v) is 7.12. The summed E-state index contributed by atoms with van der Waals surface area (Å²) in [5.74, 6) is -0.186. The number of amides is 2. The van der Waals surface area contributed by atoms with Crippen molar-refractivity contribution in [3.05, 3.63) is 29.8 Å². The summed E-state index contributed by atoms with van der Waals surface area (Å²) in [5.41, 5.74) is 2.10. The van der Waals surface area contributed by atoms with Crippen molar-refractivity contribution in [3.8, 4) is 0 Å². The summed E-state index contributed by atoms with van der Waals surface area (Å²) in [4.78, 5) is 29.1. The van der Waals surface area contributed by atoms with Gasteiger partial charge in [0.1, 0.15) is 0 Å². The Balaban J connectivity index is 0.00000261. The normalized spacial score (nSPS) is 20.4. The number of aryl methyl sites for hydroxylation is 1. The van der Waals surface area contributed by atoms with Gasteiger partial charge in [-0.25, -0.2) is 0 Å². The second-order valence-electron chi connectivity index (χ2n) is 7.12. The van der Waals surface area contributed by atoms with Gasteiger partial charge in [-0.15, -0.1) is 12.4 Å². The number of para-hydroxylation sites is 1. The predicted octanol–water partition coefficient (Wildman–Crippen LogP) is 1.44. The van der Waals surface area contributed by atoms with Crippen molar-refractivity contribution < 1.29 is 9.59 Å². The molecule has 2 aliphatic rings. The van der Waals surface area contributed by atoms with Gasteiger partial charge in [0.25, 0.3) is 0 Å². The lowest BCUT2D eigenvalue weighted by atomic mass is 10.1. The highest BCUT2D eigenvalue weighted by atomic mass is 35.5. The molecule has 2 saturated heterocycles. The van der Waals surface area contributed by atoms with E-state index in [4.69, 9.17) is 0 Å². The Kier molecular flexibility index (Phi) is 8.54. The summed E-state index contributed by atoms with van der Waals surface area (Å²) in [6.45, 7) is 8.52. The van der Waals surface area contributed by atoms with Crippen LogP contribution in [0.15, 0.2) is 24.3 Å². The first-order chi connectivity index (χ1) is 12.7. The van der Waals surface area contributed by atoms with Crippen LogP contribution in [0.1, 0.15) is 25.3 Å². The van der Waals surface area contributed by atoms with Gasteiger partial charge in [0.05, 0.1) is 5.92 Å². The monoisotopic (exact) mass is 394 g/mol. The maximum absolute atomic E-state index is 12.5. The van der Waals surface area contributed by atoms with Gasteiger partial charge in [0.2, 0.25) is 11.8 Å². The predicted molar refractivity (Wildman–Crippen MR) is 110 cm³/mol. The van der Waals surface area contributed by atoms with Crippen LogP contribution in [0.2, 0.25) is 0 Å². The lowest BCUT2D eigenvalue weighted by Gasteiger charge is -2.27. The highest BCUT2D eigenvalue weighted by Crippen LogP contribution is 2.28. The van der Waals surface area contributed by atoms with E-state index in [0.29, 0.717) is 19.5 Å². The minimum absolute atomic E-state index is 0. The number of piperazine rings is 1. The van der Waals surface area contributed by atoms with Crippen LogP contribution in [-0.2, 0) is 16.0 Å². The SMILES string of the molecule is CCc1ccccc1N1CC(C(=O)NCCCN2CCNCC2)CC1=O.Cl. The molecule has 2 fully saturated rings. The molecule has 0 aliphatic carbocycles. The van der Waals surface area contributed by atoms with Gasteiger partial charge < -0.3 is 20.4 Å². The lowest BCUT2D eigenvalue weighted by molar-refractivity contribution is -0.126. The average molecular weight is 395 g/mol. The van der Waals surface area contributed by atoms with Gasteiger partial charge >= 0.3 is 0 Å². The fourth-order valence-corrected chi connectivity index (χ4v) is 3.78. The van der Waals surface area contributed by atoms with Gasteiger partial charge in [-0.1, -0.05) is 25.1 Å². The Morgan fingerprint density at radius 1 is 1.26 bits per heavy atom. The first-order valence-corrected chi connectivity index (χ1v) is 9.78. The molecule has 0 saturated carbocycles. The number of benzene rings is 1. The summed E-state index contributed by atoms with van der Waals surface area (Å²) >= 11 is 0. The van der Waals surface area contributed by atoms with Crippen LogP contribution in [-0.4, -0.2) is 62.5 Å². The molecule has 0 spiro atoms. The maximum atomic E-state index is 12.5. The van der Waals surface area contributed by atoms with Crippen molar-refractivity contribution in [2.45, 2.75) is 26.2 Å². The second kappa shape index (κ2) is 10.6. The zero-order valence-electron chi connectivity index (χ0n) is 16.1. The molecule has 1 unspecified atom stereocenters. The van der Waals surface area contributed by atoms with E-state index < -0.39 is 0 Å². The van der Waals surface area contributed by atoms with Crippen LogP contribution in [0.5, 0.6) is 0 Å². The van der Waals surface area contributed by atoms with Crippen LogP contribution in [0.3, 0.4) is 0 Å². The lowest BCUT2D eigenvalue weighted by Crippen LogP contribution is -2.44. The van der Waals surface area contributed by atoms with Gasteiger partial charge in [-0.2, -0.15) is 0 Å². The molecule has 6 nitrogen and oxygen atoms in total. The number of hydrogen-bond donors (Lipinski definition) is 2. The van der Waals surface area contributed by atoms with Crippen molar-refractivity contribution in [1.82, 2.24) is 15.5 Å². The summed E-state index contributed by atoms with van der Waals surface area (Å²) in [6, 6.07) is 7.97. The van der Waals surface area contributed by atoms with Crippen molar-refractivity contribution in [2.24, 2.45) is 5.92 Å². The summed E-state index contributed by atoms with van der Waals surface area (Å²) in [5, 5.41) is 6.37. The largest absolute Gasteiger partial charge is 0.356 e. The number of anilines is 1. The number of rotatable bonds is 7. The third-order valence-corrected chi connectivity index (χ3v) is 5.32. The molecule has 150 valence electrons. The number of carbonyl (C=O) groups is 2. The first kappa shape index (κ1) is 21.7. The van der Waals surface area contributed by atoms with E-state index in [1.54, 1.807) is 4.90 Å². The molecular formula is C20H31ClN4O2. The van der Waals surface area contributed by atoms with E-state index in [-0.39, 0.29) is 30.1 Å². The molecule has 0 bridgehead atoms. The maximum Gasteiger partial charge on any atom is 0.227 e. The minimum atomic E-state index is -0.244. The standard InChI is InChI=1S/C20H30N4O2.ClH/c1-2-16-6-3-4-7-18(16)24-15-17(14-19(24)25)20(26)22-8-5-11-23-12-9-21-10-13-23;/h3-4,6-7,17,21H,2,5,8-15H2,1H3,(H,22,26);1H. The molecule has 2 aliphatic heterocycles. The van der Waals surface area contributed by atoms with Crippen molar-refractivity contribution in [1.29, 1.82) is 0 Å². The molecule has 2 heterocycles.